The number of methoxy groups -OCH3 is 2. The molecule has 1 heterocycles. The van der Waals surface area contributed by atoms with Gasteiger partial charge in [0, 0.05) is 19.2 Å². The van der Waals surface area contributed by atoms with E-state index in [9.17, 15) is 4.79 Å². The number of ether oxygens (including phenoxy) is 3. The fraction of sp³-hybridized carbons (Fsp3) is 0.304. The molecule has 0 spiro atoms. The second-order valence-corrected chi connectivity index (χ2v) is 6.60. The molecule has 0 aromatic heterocycles. The van der Waals surface area contributed by atoms with Crippen LogP contribution in [0.1, 0.15) is 16.7 Å². The Morgan fingerprint density at radius 2 is 1.72 bits per heavy atom. The first-order valence-electron chi connectivity index (χ1n) is 9.43. The Hall–Kier alpha value is -3.30. The topological polar surface area (TPSA) is 71.8 Å². The summed E-state index contributed by atoms with van der Waals surface area (Å²) >= 11 is 0. The molecule has 1 aliphatic heterocycles. The number of nitrogens with zero attached hydrogens (tertiary/aromatic N) is 2. The van der Waals surface area contributed by atoms with Crippen molar-refractivity contribution in [2.75, 3.05) is 40.5 Å². The Morgan fingerprint density at radius 3 is 2.34 bits per heavy atom. The van der Waals surface area contributed by atoms with Crippen molar-refractivity contribution in [3.05, 3.63) is 65.2 Å². The lowest BCUT2D eigenvalue weighted by molar-refractivity contribution is -0.129. The summed E-state index contributed by atoms with van der Waals surface area (Å²) in [6.07, 6.45) is 2.01. The number of hydrogen-bond acceptors (Lipinski definition) is 5. The first kappa shape index (κ1) is 20.4. The third-order valence-electron chi connectivity index (χ3n) is 4.83. The Bertz CT molecular complexity index is 923. The summed E-state index contributed by atoms with van der Waals surface area (Å²) in [6.45, 7) is 2.26. The van der Waals surface area contributed by atoms with Crippen LogP contribution in [-0.2, 0) is 16.0 Å². The second kappa shape index (κ2) is 9.76. The van der Waals surface area contributed by atoms with Gasteiger partial charge in [-0.1, -0.05) is 30.3 Å². The van der Waals surface area contributed by atoms with Gasteiger partial charge in [0.15, 0.2) is 11.5 Å². The molecule has 0 aliphatic carbocycles. The Morgan fingerprint density at radius 1 is 1.07 bits per heavy atom. The van der Waals surface area contributed by atoms with Crippen molar-refractivity contribution in [2.45, 2.75) is 6.42 Å². The molecule has 3 rings (SSSR count). The van der Waals surface area contributed by atoms with Gasteiger partial charge in [-0.15, -0.1) is 0 Å². The Labute approximate surface area is 170 Å². The Balaban J connectivity index is 2.02. The molecule has 0 bridgehead atoms. The Kier molecular flexibility index (Phi) is 6.88. The van der Waals surface area contributed by atoms with Crippen LogP contribution < -0.4 is 9.47 Å². The lowest BCUT2D eigenvalue weighted by Crippen LogP contribution is -2.39. The van der Waals surface area contributed by atoms with E-state index in [2.05, 4.69) is 6.07 Å². The van der Waals surface area contributed by atoms with Crippen molar-refractivity contribution in [2.24, 2.45) is 0 Å². The zero-order valence-corrected chi connectivity index (χ0v) is 16.7. The number of carbonyl (C=O) groups excluding carboxylic acids is 1. The van der Waals surface area contributed by atoms with Crippen LogP contribution in [0, 0.1) is 11.3 Å². The third kappa shape index (κ3) is 4.95. The van der Waals surface area contributed by atoms with Gasteiger partial charge in [0.2, 0.25) is 5.91 Å². The van der Waals surface area contributed by atoms with Gasteiger partial charge in [0.1, 0.15) is 0 Å². The molecule has 1 fully saturated rings. The molecule has 29 heavy (non-hydrogen) atoms. The zero-order valence-electron chi connectivity index (χ0n) is 16.7. The molecule has 2 aromatic rings. The molecule has 6 nitrogen and oxygen atoms in total. The van der Waals surface area contributed by atoms with Gasteiger partial charge in [0.05, 0.1) is 39.9 Å². The van der Waals surface area contributed by atoms with Crippen LogP contribution in [0.15, 0.2) is 48.5 Å². The van der Waals surface area contributed by atoms with Crippen LogP contribution in [0.5, 0.6) is 11.5 Å². The van der Waals surface area contributed by atoms with Crippen molar-refractivity contribution >= 4 is 11.5 Å². The minimum absolute atomic E-state index is 0.0563. The van der Waals surface area contributed by atoms with E-state index in [4.69, 9.17) is 19.5 Å². The summed E-state index contributed by atoms with van der Waals surface area (Å²) in [6, 6.07) is 15.4. The summed E-state index contributed by atoms with van der Waals surface area (Å²) in [4.78, 5) is 14.7. The van der Waals surface area contributed by atoms with Crippen molar-refractivity contribution in [1.82, 2.24) is 4.90 Å². The molecule has 0 unspecified atom stereocenters. The van der Waals surface area contributed by atoms with Gasteiger partial charge in [-0.2, -0.15) is 5.26 Å². The minimum atomic E-state index is -0.0563. The maximum atomic E-state index is 12.9. The molecule has 0 N–H and O–H groups in total. The summed E-state index contributed by atoms with van der Waals surface area (Å²) in [5.41, 5.74) is 3.45. The summed E-state index contributed by atoms with van der Waals surface area (Å²) in [5, 5.41) is 8.90. The van der Waals surface area contributed by atoms with Gasteiger partial charge in [0.25, 0.3) is 0 Å². The van der Waals surface area contributed by atoms with Crippen LogP contribution in [-0.4, -0.2) is 51.3 Å². The second-order valence-electron chi connectivity index (χ2n) is 6.60. The SMILES string of the molecule is COc1ccc(C(=CC(=O)N2CCOCC2)c2ccc(CC#N)cc2)cc1OC. The number of morpholine rings is 1. The highest BCUT2D eigenvalue weighted by Gasteiger charge is 2.18. The van der Waals surface area contributed by atoms with Crippen molar-refractivity contribution in [3.8, 4) is 17.6 Å². The number of amides is 1. The number of carbonyl (C=O) groups is 1. The van der Waals surface area contributed by atoms with Gasteiger partial charge >= 0.3 is 0 Å². The number of nitriles is 1. The van der Waals surface area contributed by atoms with E-state index in [-0.39, 0.29) is 5.91 Å². The van der Waals surface area contributed by atoms with E-state index >= 15 is 0 Å². The van der Waals surface area contributed by atoms with Crippen LogP contribution in [0.4, 0.5) is 0 Å². The monoisotopic (exact) mass is 392 g/mol. The minimum Gasteiger partial charge on any atom is -0.493 e. The highest BCUT2D eigenvalue weighted by Crippen LogP contribution is 2.33. The zero-order chi connectivity index (χ0) is 20.6. The normalized spacial score (nSPS) is 14.2. The average Bonchev–Trinajstić information content (AvgIpc) is 2.78. The summed E-state index contributed by atoms with van der Waals surface area (Å²) in [7, 11) is 3.17. The van der Waals surface area contributed by atoms with E-state index in [1.165, 1.54) is 0 Å². The smallest absolute Gasteiger partial charge is 0.247 e. The predicted octanol–water partition coefficient (Wildman–Crippen LogP) is 3.06. The van der Waals surface area contributed by atoms with Gasteiger partial charge in [-0.3, -0.25) is 4.79 Å². The van der Waals surface area contributed by atoms with Crippen molar-refractivity contribution < 1.29 is 19.0 Å². The number of hydrogen-bond donors (Lipinski definition) is 0. The van der Waals surface area contributed by atoms with Gasteiger partial charge in [-0.05, 0) is 34.4 Å². The molecular weight excluding hydrogens is 368 g/mol. The van der Waals surface area contributed by atoms with E-state index < -0.39 is 0 Å². The van der Waals surface area contributed by atoms with Crippen LogP contribution in [0.25, 0.3) is 5.57 Å². The van der Waals surface area contributed by atoms with Crippen molar-refractivity contribution in [1.29, 1.82) is 5.26 Å². The molecule has 0 radical (unpaired) electrons. The molecule has 1 aliphatic rings. The summed E-state index contributed by atoms with van der Waals surface area (Å²) in [5.74, 6) is 1.16. The van der Waals surface area contributed by atoms with Gasteiger partial charge < -0.3 is 19.1 Å². The molecule has 1 amide bonds. The molecule has 150 valence electrons. The van der Waals surface area contributed by atoms with Gasteiger partial charge in [-0.25, -0.2) is 0 Å². The van der Waals surface area contributed by atoms with Crippen LogP contribution in [0.2, 0.25) is 0 Å². The van der Waals surface area contributed by atoms with E-state index in [0.29, 0.717) is 44.2 Å². The average molecular weight is 392 g/mol. The molecule has 0 atom stereocenters. The first-order chi connectivity index (χ1) is 14.2. The summed E-state index contributed by atoms with van der Waals surface area (Å²) < 4.78 is 16.1. The highest BCUT2D eigenvalue weighted by molar-refractivity contribution is 5.99. The maximum absolute atomic E-state index is 12.9. The fourth-order valence-corrected chi connectivity index (χ4v) is 3.23. The highest BCUT2D eigenvalue weighted by atomic mass is 16.5. The number of rotatable bonds is 6. The largest absolute Gasteiger partial charge is 0.493 e. The maximum Gasteiger partial charge on any atom is 0.247 e. The first-order valence-corrected chi connectivity index (χ1v) is 9.43. The standard InChI is InChI=1S/C23H24N2O4/c1-27-21-8-7-19(15-22(21)28-2)20(16-23(26)25-11-13-29-14-12-25)18-5-3-17(4-6-18)9-10-24/h3-8,15-16H,9,11-14H2,1-2H3. The number of benzene rings is 2. The molecule has 6 heteroatoms. The lowest BCUT2D eigenvalue weighted by atomic mass is 9.95. The van der Waals surface area contributed by atoms with E-state index in [1.54, 1.807) is 25.2 Å². The third-order valence-corrected chi connectivity index (χ3v) is 4.83. The van der Waals surface area contributed by atoms with E-state index in [1.807, 2.05) is 42.5 Å². The molecule has 2 aromatic carbocycles. The molecule has 0 saturated carbocycles. The lowest BCUT2D eigenvalue weighted by Gasteiger charge is -2.26. The predicted molar refractivity (Wildman–Crippen MR) is 110 cm³/mol. The molecule has 1 saturated heterocycles. The molecular formula is C23H24N2O4. The van der Waals surface area contributed by atoms with Crippen LogP contribution >= 0.6 is 0 Å². The van der Waals surface area contributed by atoms with Crippen molar-refractivity contribution in [3.63, 3.8) is 0 Å². The van der Waals surface area contributed by atoms with E-state index in [0.717, 1.165) is 22.3 Å². The fourth-order valence-electron chi connectivity index (χ4n) is 3.23. The quantitative estimate of drug-likeness (QED) is 0.707. The van der Waals surface area contributed by atoms with Crippen LogP contribution in [0.3, 0.4) is 0 Å².